The van der Waals surface area contributed by atoms with Crippen LogP contribution in [0.25, 0.3) is 10.8 Å². The SMILES string of the molecule is C[C@@H](NC(=O)CCC(=O)N[C@H](Cc1cccc2ccccc12)C(N)=O)c1ccccc1. The summed E-state index contributed by atoms with van der Waals surface area (Å²) in [5.41, 5.74) is 7.45. The minimum atomic E-state index is -0.843. The molecule has 3 aromatic rings. The van der Waals surface area contributed by atoms with Gasteiger partial charge in [-0.15, -0.1) is 0 Å². The second-order valence-electron chi connectivity index (χ2n) is 7.56. The lowest BCUT2D eigenvalue weighted by Gasteiger charge is -2.17. The molecule has 0 heterocycles. The first-order valence-corrected chi connectivity index (χ1v) is 10.3. The average molecular weight is 418 g/mol. The van der Waals surface area contributed by atoms with Crippen LogP contribution in [0.2, 0.25) is 0 Å². The summed E-state index contributed by atoms with van der Waals surface area (Å²) in [4.78, 5) is 36.5. The van der Waals surface area contributed by atoms with E-state index in [0.29, 0.717) is 6.42 Å². The molecule has 2 atom stereocenters. The Kier molecular flexibility index (Phi) is 7.38. The van der Waals surface area contributed by atoms with Crippen LogP contribution in [0.5, 0.6) is 0 Å². The van der Waals surface area contributed by atoms with E-state index in [9.17, 15) is 14.4 Å². The summed E-state index contributed by atoms with van der Waals surface area (Å²) >= 11 is 0. The molecule has 3 rings (SSSR count). The fraction of sp³-hybridized carbons (Fsp3) is 0.240. The van der Waals surface area contributed by atoms with Crippen LogP contribution in [-0.4, -0.2) is 23.8 Å². The number of nitrogens with two attached hydrogens (primary N) is 1. The smallest absolute Gasteiger partial charge is 0.240 e. The number of amides is 3. The van der Waals surface area contributed by atoms with E-state index >= 15 is 0 Å². The largest absolute Gasteiger partial charge is 0.368 e. The molecule has 0 spiro atoms. The number of carbonyl (C=O) groups is 3. The monoisotopic (exact) mass is 417 g/mol. The van der Waals surface area contributed by atoms with Crippen LogP contribution in [-0.2, 0) is 20.8 Å². The van der Waals surface area contributed by atoms with Crippen molar-refractivity contribution in [3.63, 3.8) is 0 Å². The number of hydrogen-bond donors (Lipinski definition) is 3. The third-order valence-corrected chi connectivity index (χ3v) is 5.24. The summed E-state index contributed by atoms with van der Waals surface area (Å²) in [6, 6.07) is 22.3. The predicted octanol–water partition coefficient (Wildman–Crippen LogP) is 3.01. The van der Waals surface area contributed by atoms with Gasteiger partial charge in [-0.3, -0.25) is 14.4 Å². The van der Waals surface area contributed by atoms with Crippen molar-refractivity contribution < 1.29 is 14.4 Å². The van der Waals surface area contributed by atoms with Gasteiger partial charge in [0.2, 0.25) is 17.7 Å². The number of nitrogens with one attached hydrogen (secondary N) is 2. The van der Waals surface area contributed by atoms with Gasteiger partial charge in [-0.05, 0) is 28.8 Å². The van der Waals surface area contributed by atoms with Crippen LogP contribution in [0.4, 0.5) is 0 Å². The molecule has 31 heavy (non-hydrogen) atoms. The Morgan fingerprint density at radius 2 is 1.42 bits per heavy atom. The fourth-order valence-corrected chi connectivity index (χ4v) is 3.55. The van der Waals surface area contributed by atoms with Crippen molar-refractivity contribution >= 4 is 28.5 Å². The second kappa shape index (κ2) is 10.4. The summed E-state index contributed by atoms with van der Waals surface area (Å²) in [7, 11) is 0. The third kappa shape index (κ3) is 6.15. The maximum atomic E-state index is 12.4. The Labute approximate surface area is 181 Å². The van der Waals surface area contributed by atoms with E-state index in [1.54, 1.807) is 0 Å². The van der Waals surface area contributed by atoms with Gasteiger partial charge in [-0.25, -0.2) is 0 Å². The van der Waals surface area contributed by atoms with Crippen LogP contribution in [0, 0.1) is 0 Å². The van der Waals surface area contributed by atoms with E-state index in [0.717, 1.165) is 21.9 Å². The molecular weight excluding hydrogens is 390 g/mol. The Morgan fingerprint density at radius 3 is 2.13 bits per heavy atom. The number of primary amides is 1. The quantitative estimate of drug-likeness (QED) is 0.499. The molecule has 0 aliphatic rings. The number of rotatable bonds is 9. The number of carbonyl (C=O) groups excluding carboxylic acids is 3. The summed E-state index contributed by atoms with van der Waals surface area (Å²) < 4.78 is 0. The Morgan fingerprint density at radius 1 is 0.806 bits per heavy atom. The molecular formula is C25H27N3O3. The molecule has 160 valence electrons. The summed E-state index contributed by atoms with van der Waals surface area (Å²) in [5, 5.41) is 7.62. The van der Waals surface area contributed by atoms with Crippen molar-refractivity contribution in [2.45, 2.75) is 38.3 Å². The zero-order valence-corrected chi connectivity index (χ0v) is 17.5. The van der Waals surface area contributed by atoms with Gasteiger partial charge in [-0.2, -0.15) is 0 Å². The van der Waals surface area contributed by atoms with Crippen molar-refractivity contribution in [3.05, 3.63) is 83.9 Å². The number of hydrogen-bond acceptors (Lipinski definition) is 3. The van der Waals surface area contributed by atoms with Gasteiger partial charge in [0.15, 0.2) is 0 Å². The van der Waals surface area contributed by atoms with E-state index < -0.39 is 11.9 Å². The Hall–Kier alpha value is -3.67. The third-order valence-electron chi connectivity index (χ3n) is 5.24. The highest BCUT2D eigenvalue weighted by Crippen LogP contribution is 2.20. The van der Waals surface area contributed by atoms with Crippen molar-refractivity contribution in [1.82, 2.24) is 10.6 Å². The van der Waals surface area contributed by atoms with Crippen LogP contribution >= 0.6 is 0 Å². The lowest BCUT2D eigenvalue weighted by atomic mass is 9.98. The molecule has 0 fully saturated rings. The minimum Gasteiger partial charge on any atom is -0.368 e. The van der Waals surface area contributed by atoms with Crippen LogP contribution in [0.1, 0.15) is 36.9 Å². The molecule has 0 bridgehead atoms. The average Bonchev–Trinajstić information content (AvgIpc) is 2.78. The van der Waals surface area contributed by atoms with Crippen molar-refractivity contribution in [3.8, 4) is 0 Å². The van der Waals surface area contributed by atoms with Gasteiger partial charge in [0.1, 0.15) is 6.04 Å². The van der Waals surface area contributed by atoms with Crippen LogP contribution < -0.4 is 16.4 Å². The summed E-state index contributed by atoms with van der Waals surface area (Å²) in [5.74, 6) is -1.22. The summed E-state index contributed by atoms with van der Waals surface area (Å²) in [6.07, 6.45) is 0.301. The van der Waals surface area contributed by atoms with E-state index in [-0.39, 0.29) is 30.7 Å². The number of benzene rings is 3. The van der Waals surface area contributed by atoms with Gasteiger partial charge in [0.25, 0.3) is 0 Å². The maximum Gasteiger partial charge on any atom is 0.240 e. The molecule has 3 amide bonds. The highest BCUT2D eigenvalue weighted by Gasteiger charge is 2.20. The predicted molar refractivity (Wildman–Crippen MR) is 121 cm³/mol. The number of fused-ring (bicyclic) bond motifs is 1. The molecule has 0 aliphatic carbocycles. The molecule has 0 radical (unpaired) electrons. The van der Waals surface area contributed by atoms with Gasteiger partial charge >= 0.3 is 0 Å². The molecule has 0 saturated carbocycles. The second-order valence-corrected chi connectivity index (χ2v) is 7.56. The molecule has 4 N–H and O–H groups in total. The summed E-state index contributed by atoms with van der Waals surface area (Å²) in [6.45, 7) is 1.89. The fourth-order valence-electron chi connectivity index (χ4n) is 3.55. The zero-order chi connectivity index (χ0) is 22.2. The van der Waals surface area contributed by atoms with E-state index in [1.807, 2.05) is 79.7 Å². The lowest BCUT2D eigenvalue weighted by Crippen LogP contribution is -2.46. The van der Waals surface area contributed by atoms with Crippen LogP contribution in [0.15, 0.2) is 72.8 Å². The molecule has 0 saturated heterocycles. The molecule has 3 aromatic carbocycles. The maximum absolute atomic E-state index is 12.4. The molecule has 0 aliphatic heterocycles. The lowest BCUT2D eigenvalue weighted by molar-refractivity contribution is -0.129. The van der Waals surface area contributed by atoms with Crippen LogP contribution in [0.3, 0.4) is 0 Å². The topological polar surface area (TPSA) is 101 Å². The van der Waals surface area contributed by atoms with E-state index in [4.69, 9.17) is 5.73 Å². The van der Waals surface area contributed by atoms with Gasteiger partial charge in [0, 0.05) is 19.3 Å². The zero-order valence-electron chi connectivity index (χ0n) is 17.5. The first kappa shape index (κ1) is 22.0. The minimum absolute atomic E-state index is 0.0212. The van der Waals surface area contributed by atoms with E-state index in [2.05, 4.69) is 10.6 Å². The van der Waals surface area contributed by atoms with Crippen molar-refractivity contribution in [1.29, 1.82) is 0 Å². The van der Waals surface area contributed by atoms with Gasteiger partial charge in [-0.1, -0.05) is 72.8 Å². The molecule has 0 aromatic heterocycles. The Bertz CT molecular complexity index is 1060. The molecule has 0 unspecified atom stereocenters. The first-order chi connectivity index (χ1) is 14.9. The molecule has 6 heteroatoms. The molecule has 6 nitrogen and oxygen atoms in total. The highest BCUT2D eigenvalue weighted by molar-refractivity contribution is 5.90. The van der Waals surface area contributed by atoms with Gasteiger partial charge < -0.3 is 16.4 Å². The normalized spacial score (nSPS) is 12.7. The van der Waals surface area contributed by atoms with Gasteiger partial charge in [0.05, 0.1) is 6.04 Å². The van der Waals surface area contributed by atoms with Crippen molar-refractivity contribution in [2.24, 2.45) is 5.73 Å². The highest BCUT2D eigenvalue weighted by atomic mass is 16.2. The van der Waals surface area contributed by atoms with E-state index in [1.165, 1.54) is 0 Å². The Balaban J connectivity index is 1.54. The first-order valence-electron chi connectivity index (χ1n) is 10.3. The van der Waals surface area contributed by atoms with Crippen molar-refractivity contribution in [2.75, 3.05) is 0 Å². The standard InChI is InChI=1S/C25H27N3O3/c1-17(18-8-3-2-4-9-18)27-23(29)14-15-24(30)28-22(25(26)31)16-20-12-7-11-19-10-5-6-13-21(19)20/h2-13,17,22H,14-16H2,1H3,(H2,26,31)(H,27,29)(H,28,30)/t17-,22-/m1/s1.